The molecular weight excluding hydrogens is 266 g/mol. The second-order valence-electron chi connectivity index (χ2n) is 6.75. The molecule has 21 heavy (non-hydrogen) atoms. The van der Waals surface area contributed by atoms with Gasteiger partial charge >= 0.3 is 0 Å². The van der Waals surface area contributed by atoms with Gasteiger partial charge in [0.05, 0.1) is 17.5 Å². The summed E-state index contributed by atoms with van der Waals surface area (Å²) in [5, 5.41) is 9.37. The van der Waals surface area contributed by atoms with Crippen molar-refractivity contribution >= 4 is 17.5 Å². The van der Waals surface area contributed by atoms with Gasteiger partial charge in [0.1, 0.15) is 5.75 Å². The van der Waals surface area contributed by atoms with E-state index >= 15 is 0 Å². The maximum atomic E-state index is 12.8. The van der Waals surface area contributed by atoms with Crippen LogP contribution in [0.4, 0.5) is 5.69 Å². The predicted molar refractivity (Wildman–Crippen MR) is 75.4 cm³/mol. The van der Waals surface area contributed by atoms with E-state index in [1.807, 2.05) is 0 Å². The Bertz CT molecular complexity index is 667. The number of hydrogen-bond acceptors (Lipinski definition) is 3. The minimum Gasteiger partial charge on any atom is -0.508 e. The van der Waals surface area contributed by atoms with Crippen LogP contribution in [0, 0.1) is 29.1 Å². The lowest BCUT2D eigenvalue weighted by molar-refractivity contribution is -0.123. The molecule has 4 heteroatoms. The van der Waals surface area contributed by atoms with E-state index in [0.717, 1.165) is 12.8 Å². The van der Waals surface area contributed by atoms with Gasteiger partial charge in [0.2, 0.25) is 11.8 Å². The number of imide groups is 1. The Balaban J connectivity index is 1.57. The van der Waals surface area contributed by atoms with Crippen molar-refractivity contribution in [2.24, 2.45) is 29.1 Å². The topological polar surface area (TPSA) is 57.6 Å². The highest BCUT2D eigenvalue weighted by atomic mass is 16.3. The molecule has 0 radical (unpaired) electrons. The number of carbonyl (C=O) groups is 2. The van der Waals surface area contributed by atoms with E-state index in [0.29, 0.717) is 5.69 Å². The first-order valence-corrected chi connectivity index (χ1v) is 7.49. The van der Waals surface area contributed by atoms with Crippen LogP contribution in [-0.2, 0) is 9.59 Å². The summed E-state index contributed by atoms with van der Waals surface area (Å²) in [6.07, 6.45) is 6.65. The van der Waals surface area contributed by atoms with Crippen LogP contribution in [0.1, 0.15) is 12.8 Å². The second kappa shape index (κ2) is 3.38. The van der Waals surface area contributed by atoms with E-state index in [9.17, 15) is 14.7 Å². The number of benzene rings is 1. The first-order valence-electron chi connectivity index (χ1n) is 7.49. The zero-order chi connectivity index (χ0) is 14.4. The van der Waals surface area contributed by atoms with Gasteiger partial charge < -0.3 is 5.11 Å². The lowest BCUT2D eigenvalue weighted by Crippen LogP contribution is -2.34. The SMILES string of the molecule is O=C1[C@@H]2[C@H](C(=O)N1c1ccc(O)cc1)[C@H]1C=C[C@H]2C12CC2. The van der Waals surface area contributed by atoms with Crippen molar-refractivity contribution in [3.63, 3.8) is 0 Å². The van der Waals surface area contributed by atoms with Gasteiger partial charge in [-0.1, -0.05) is 12.2 Å². The molecule has 1 aromatic rings. The molecule has 106 valence electrons. The molecule has 5 rings (SSSR count). The van der Waals surface area contributed by atoms with Crippen molar-refractivity contribution in [2.45, 2.75) is 12.8 Å². The third-order valence-corrected chi connectivity index (χ3v) is 5.96. The molecule has 1 heterocycles. The van der Waals surface area contributed by atoms with Crippen LogP contribution in [-0.4, -0.2) is 16.9 Å². The molecule has 2 saturated carbocycles. The Morgan fingerprint density at radius 1 is 0.952 bits per heavy atom. The maximum absolute atomic E-state index is 12.8. The minimum absolute atomic E-state index is 0.0567. The number of phenols is 1. The van der Waals surface area contributed by atoms with Gasteiger partial charge in [0.15, 0.2) is 0 Å². The number of phenolic OH excluding ortho intramolecular Hbond substituents is 1. The fourth-order valence-corrected chi connectivity index (χ4v) is 4.93. The van der Waals surface area contributed by atoms with Gasteiger partial charge in [-0.2, -0.15) is 0 Å². The molecule has 3 aliphatic carbocycles. The normalized spacial score (nSPS) is 37.6. The zero-order valence-electron chi connectivity index (χ0n) is 11.4. The molecule has 0 aromatic heterocycles. The second-order valence-corrected chi connectivity index (χ2v) is 6.75. The van der Waals surface area contributed by atoms with E-state index in [1.165, 1.54) is 17.0 Å². The third-order valence-electron chi connectivity index (χ3n) is 5.96. The van der Waals surface area contributed by atoms with Crippen molar-refractivity contribution in [3.8, 4) is 5.75 Å². The molecule has 1 spiro atoms. The average Bonchev–Trinajstić information content (AvgIpc) is 3.07. The van der Waals surface area contributed by atoms with E-state index in [2.05, 4.69) is 12.2 Å². The molecule has 2 bridgehead atoms. The molecule has 1 aliphatic heterocycles. The van der Waals surface area contributed by atoms with E-state index in [-0.39, 0.29) is 46.7 Å². The highest BCUT2D eigenvalue weighted by Gasteiger charge is 2.73. The van der Waals surface area contributed by atoms with Crippen LogP contribution in [0.25, 0.3) is 0 Å². The lowest BCUT2D eigenvalue weighted by atomic mass is 9.85. The van der Waals surface area contributed by atoms with Crippen LogP contribution in [0.3, 0.4) is 0 Å². The summed E-state index contributed by atoms with van der Waals surface area (Å²) in [5.74, 6) is 0.207. The van der Waals surface area contributed by atoms with Crippen LogP contribution >= 0.6 is 0 Å². The number of nitrogens with zero attached hydrogens (tertiary/aromatic N) is 1. The number of amides is 2. The summed E-state index contributed by atoms with van der Waals surface area (Å²) in [7, 11) is 0. The first kappa shape index (κ1) is 11.5. The van der Waals surface area contributed by atoms with Crippen molar-refractivity contribution in [1.29, 1.82) is 0 Å². The van der Waals surface area contributed by atoms with Gasteiger partial charge in [-0.3, -0.25) is 14.5 Å². The summed E-state index contributed by atoms with van der Waals surface area (Å²) in [6.45, 7) is 0. The maximum Gasteiger partial charge on any atom is 0.238 e. The summed E-state index contributed by atoms with van der Waals surface area (Å²) >= 11 is 0. The van der Waals surface area contributed by atoms with Crippen molar-refractivity contribution in [3.05, 3.63) is 36.4 Å². The van der Waals surface area contributed by atoms with Crippen LogP contribution in [0.5, 0.6) is 5.75 Å². The number of rotatable bonds is 1. The predicted octanol–water partition coefficient (Wildman–Crippen LogP) is 2.09. The van der Waals surface area contributed by atoms with E-state index in [1.54, 1.807) is 12.1 Å². The molecule has 4 aliphatic rings. The quantitative estimate of drug-likeness (QED) is 0.633. The monoisotopic (exact) mass is 281 g/mol. The van der Waals surface area contributed by atoms with Gasteiger partial charge in [-0.15, -0.1) is 0 Å². The third kappa shape index (κ3) is 1.18. The Labute approximate surface area is 122 Å². The number of allylic oxidation sites excluding steroid dienone is 2. The van der Waals surface area contributed by atoms with Crippen LogP contribution in [0.15, 0.2) is 36.4 Å². The number of fused-ring (bicyclic) bond motifs is 3. The molecule has 1 saturated heterocycles. The zero-order valence-corrected chi connectivity index (χ0v) is 11.4. The number of hydrogen-bond donors (Lipinski definition) is 1. The van der Waals surface area contributed by atoms with E-state index in [4.69, 9.17) is 0 Å². The van der Waals surface area contributed by atoms with E-state index < -0.39 is 0 Å². The standard InChI is InChI=1S/C17H15NO3/c19-10-3-1-9(2-4-10)18-15(20)13-11-5-6-12(14(13)16(18)21)17(11)7-8-17/h1-6,11-14,19H,7-8H2/t11-,12-,13-,14+/m1/s1. The first-order chi connectivity index (χ1) is 10.1. The van der Waals surface area contributed by atoms with Crippen molar-refractivity contribution < 1.29 is 14.7 Å². The number of anilines is 1. The van der Waals surface area contributed by atoms with Crippen molar-refractivity contribution in [2.75, 3.05) is 4.90 Å². The number of carbonyl (C=O) groups excluding carboxylic acids is 2. The Morgan fingerprint density at radius 3 is 1.95 bits per heavy atom. The summed E-state index contributed by atoms with van der Waals surface area (Å²) in [4.78, 5) is 26.9. The molecule has 3 fully saturated rings. The molecule has 4 atom stereocenters. The summed E-state index contributed by atoms with van der Waals surface area (Å²) < 4.78 is 0. The molecule has 1 aromatic carbocycles. The molecule has 0 unspecified atom stereocenters. The fraction of sp³-hybridized carbons (Fsp3) is 0.412. The summed E-state index contributed by atoms with van der Waals surface area (Å²) in [6, 6.07) is 6.29. The van der Waals surface area contributed by atoms with Crippen molar-refractivity contribution in [1.82, 2.24) is 0 Å². The lowest BCUT2D eigenvalue weighted by Gasteiger charge is -2.21. The van der Waals surface area contributed by atoms with Crippen LogP contribution in [0.2, 0.25) is 0 Å². The number of aromatic hydroxyl groups is 1. The fourth-order valence-electron chi connectivity index (χ4n) is 4.93. The Morgan fingerprint density at radius 2 is 1.48 bits per heavy atom. The Kier molecular flexibility index (Phi) is 1.86. The molecule has 1 N–H and O–H groups in total. The molecule has 2 amide bonds. The minimum atomic E-state index is -0.163. The average molecular weight is 281 g/mol. The largest absolute Gasteiger partial charge is 0.508 e. The summed E-state index contributed by atoms with van der Waals surface area (Å²) in [5.41, 5.74) is 0.809. The molecular formula is C17H15NO3. The van der Waals surface area contributed by atoms with Gasteiger partial charge in [-0.25, -0.2) is 0 Å². The van der Waals surface area contributed by atoms with Gasteiger partial charge in [0, 0.05) is 0 Å². The Hall–Kier alpha value is -2.10. The highest BCUT2D eigenvalue weighted by molar-refractivity contribution is 6.23. The smallest absolute Gasteiger partial charge is 0.238 e. The van der Waals surface area contributed by atoms with Gasteiger partial charge in [0.25, 0.3) is 0 Å². The molecule has 4 nitrogen and oxygen atoms in total. The van der Waals surface area contributed by atoms with Gasteiger partial charge in [-0.05, 0) is 54.4 Å². The highest BCUT2D eigenvalue weighted by Crippen LogP contribution is 2.73. The van der Waals surface area contributed by atoms with Crippen LogP contribution < -0.4 is 4.90 Å².